The highest BCUT2D eigenvalue weighted by Gasteiger charge is 2.15. The minimum absolute atomic E-state index is 0.129. The summed E-state index contributed by atoms with van der Waals surface area (Å²) in [5, 5.41) is 0.130. The molecule has 0 saturated heterocycles. The number of nitrogens with zero attached hydrogens (tertiary/aromatic N) is 2. The molecule has 0 amide bonds. The molecule has 0 saturated carbocycles. The van der Waals surface area contributed by atoms with Gasteiger partial charge in [0.15, 0.2) is 0 Å². The molecular weight excluding hydrogens is 335 g/mol. The maximum absolute atomic E-state index is 13.4. The molecule has 0 bridgehead atoms. The summed E-state index contributed by atoms with van der Waals surface area (Å²) in [6.07, 6.45) is 1.99. The average molecular weight is 346 g/mol. The van der Waals surface area contributed by atoms with E-state index in [2.05, 4.69) is 25.9 Å². The van der Waals surface area contributed by atoms with Gasteiger partial charge in [0.1, 0.15) is 12.1 Å². The Bertz CT molecular complexity index is 582. The topological polar surface area (TPSA) is 35.0 Å². The molecule has 0 fully saturated rings. The highest BCUT2D eigenvalue weighted by molar-refractivity contribution is 9.09. The van der Waals surface area contributed by atoms with E-state index < -0.39 is 5.82 Å². The minimum atomic E-state index is -0.427. The van der Waals surface area contributed by atoms with E-state index in [4.69, 9.17) is 16.3 Å². The second kappa shape index (κ2) is 6.30. The quantitative estimate of drug-likeness (QED) is 0.787. The lowest BCUT2D eigenvalue weighted by Crippen LogP contribution is -2.01. The van der Waals surface area contributed by atoms with Crippen molar-refractivity contribution in [3.63, 3.8) is 0 Å². The Hall–Kier alpha value is -1.20. The summed E-state index contributed by atoms with van der Waals surface area (Å²) in [5.41, 5.74) is 1.48. The molecule has 0 spiro atoms. The molecule has 2 rings (SSSR count). The van der Waals surface area contributed by atoms with E-state index in [1.807, 2.05) is 0 Å². The van der Waals surface area contributed by atoms with E-state index in [1.165, 1.54) is 12.4 Å². The van der Waals surface area contributed by atoms with Gasteiger partial charge in [-0.25, -0.2) is 14.4 Å². The van der Waals surface area contributed by atoms with Crippen LogP contribution in [0.3, 0.4) is 0 Å². The number of benzene rings is 1. The normalized spacial score (nSPS) is 12.2. The molecule has 1 aromatic carbocycles. The summed E-state index contributed by atoms with van der Waals surface area (Å²) in [6, 6.07) is 6.48. The lowest BCUT2D eigenvalue weighted by Gasteiger charge is -2.12. The van der Waals surface area contributed by atoms with Crippen LogP contribution in [0.25, 0.3) is 0 Å². The third kappa shape index (κ3) is 3.42. The molecule has 100 valence electrons. The Kier molecular flexibility index (Phi) is 4.71. The van der Waals surface area contributed by atoms with Gasteiger partial charge in [-0.1, -0.05) is 39.7 Å². The highest BCUT2D eigenvalue weighted by Crippen LogP contribution is 2.33. The minimum Gasteiger partial charge on any atom is -0.481 e. The van der Waals surface area contributed by atoms with Crippen molar-refractivity contribution in [1.82, 2.24) is 9.97 Å². The first kappa shape index (κ1) is 14.2. The SMILES string of the molecule is COc1cc(CC(Br)c2cccc(F)c2Cl)ncn1. The molecule has 19 heavy (non-hydrogen) atoms. The van der Waals surface area contributed by atoms with Crippen LogP contribution in [-0.2, 0) is 6.42 Å². The predicted molar refractivity (Wildman–Crippen MR) is 75.4 cm³/mol. The first-order valence-corrected chi connectivity index (χ1v) is 6.84. The van der Waals surface area contributed by atoms with Crippen LogP contribution in [-0.4, -0.2) is 17.1 Å². The zero-order chi connectivity index (χ0) is 13.8. The molecular formula is C13H11BrClFN2O. The van der Waals surface area contributed by atoms with Crippen LogP contribution in [0.1, 0.15) is 16.1 Å². The van der Waals surface area contributed by atoms with Gasteiger partial charge in [-0.2, -0.15) is 0 Å². The first-order chi connectivity index (χ1) is 9.11. The standard InChI is InChI=1S/C13H11BrClFN2O/c1-19-12-6-8(17-7-18-12)5-10(14)9-3-2-4-11(16)13(9)15/h2-4,6-7,10H,5H2,1H3. The van der Waals surface area contributed by atoms with Gasteiger partial charge in [-0.05, 0) is 11.6 Å². The van der Waals surface area contributed by atoms with E-state index in [0.29, 0.717) is 17.9 Å². The molecule has 0 N–H and O–H groups in total. The van der Waals surface area contributed by atoms with Crippen molar-refractivity contribution >= 4 is 27.5 Å². The maximum Gasteiger partial charge on any atom is 0.216 e. The Balaban J connectivity index is 2.20. The number of methoxy groups -OCH3 is 1. The van der Waals surface area contributed by atoms with Crippen molar-refractivity contribution in [2.75, 3.05) is 7.11 Å². The largest absolute Gasteiger partial charge is 0.481 e. The Morgan fingerprint density at radius 2 is 2.21 bits per heavy atom. The second-order valence-corrected chi connectivity index (χ2v) is 5.35. The molecule has 1 unspecified atom stereocenters. The van der Waals surface area contributed by atoms with E-state index in [1.54, 1.807) is 25.3 Å². The fourth-order valence-corrected chi connectivity index (χ4v) is 2.76. The molecule has 1 atom stereocenters. The van der Waals surface area contributed by atoms with E-state index in [0.717, 1.165) is 5.69 Å². The highest BCUT2D eigenvalue weighted by atomic mass is 79.9. The van der Waals surface area contributed by atoms with Crippen molar-refractivity contribution in [1.29, 1.82) is 0 Å². The summed E-state index contributed by atoms with van der Waals surface area (Å²) in [4.78, 5) is 7.95. The third-order valence-corrected chi connectivity index (χ3v) is 3.83. The van der Waals surface area contributed by atoms with Gasteiger partial charge in [0.05, 0.1) is 12.1 Å². The van der Waals surface area contributed by atoms with Crippen molar-refractivity contribution < 1.29 is 9.13 Å². The van der Waals surface area contributed by atoms with E-state index in [9.17, 15) is 4.39 Å². The fourth-order valence-electron chi connectivity index (χ4n) is 1.66. The van der Waals surface area contributed by atoms with Crippen molar-refractivity contribution in [3.8, 4) is 5.88 Å². The monoisotopic (exact) mass is 344 g/mol. The van der Waals surface area contributed by atoms with Gasteiger partial charge in [-0.3, -0.25) is 0 Å². The van der Waals surface area contributed by atoms with Crippen molar-refractivity contribution in [3.05, 3.63) is 52.7 Å². The molecule has 1 aromatic heterocycles. The number of hydrogen-bond donors (Lipinski definition) is 0. The van der Waals surface area contributed by atoms with Crippen LogP contribution >= 0.6 is 27.5 Å². The summed E-state index contributed by atoms with van der Waals surface area (Å²) < 4.78 is 18.4. The number of aromatic nitrogens is 2. The van der Waals surface area contributed by atoms with Crippen LogP contribution in [0, 0.1) is 5.82 Å². The summed E-state index contributed by atoms with van der Waals surface area (Å²) in [6.45, 7) is 0. The number of halogens is 3. The summed E-state index contributed by atoms with van der Waals surface area (Å²) in [5.74, 6) is 0.0684. The molecule has 0 radical (unpaired) electrons. The predicted octanol–water partition coefficient (Wildman–Crippen LogP) is 3.96. The maximum atomic E-state index is 13.4. The zero-order valence-corrected chi connectivity index (χ0v) is 12.4. The first-order valence-electron chi connectivity index (χ1n) is 5.54. The summed E-state index contributed by atoms with van der Waals surface area (Å²) in [7, 11) is 1.54. The van der Waals surface area contributed by atoms with Crippen molar-refractivity contribution in [2.24, 2.45) is 0 Å². The lowest BCUT2D eigenvalue weighted by molar-refractivity contribution is 0.396. The van der Waals surface area contributed by atoms with Crippen molar-refractivity contribution in [2.45, 2.75) is 11.2 Å². The van der Waals surface area contributed by atoms with Crippen LogP contribution in [0.4, 0.5) is 4.39 Å². The van der Waals surface area contributed by atoms with Crippen LogP contribution < -0.4 is 4.74 Å². The number of hydrogen-bond acceptors (Lipinski definition) is 3. The number of alkyl halides is 1. The zero-order valence-electron chi connectivity index (χ0n) is 10.1. The van der Waals surface area contributed by atoms with Gasteiger partial charge in [0.2, 0.25) is 5.88 Å². The summed E-state index contributed by atoms with van der Waals surface area (Å²) >= 11 is 9.45. The fraction of sp³-hybridized carbons (Fsp3) is 0.231. The van der Waals surface area contributed by atoms with Gasteiger partial charge in [0.25, 0.3) is 0 Å². The average Bonchev–Trinajstić information content (AvgIpc) is 2.42. The van der Waals surface area contributed by atoms with Gasteiger partial charge in [0, 0.05) is 23.0 Å². The van der Waals surface area contributed by atoms with E-state index in [-0.39, 0.29) is 9.85 Å². The van der Waals surface area contributed by atoms with E-state index >= 15 is 0 Å². The van der Waals surface area contributed by atoms with Crippen LogP contribution in [0.2, 0.25) is 5.02 Å². The molecule has 2 aromatic rings. The Morgan fingerprint density at radius 1 is 1.42 bits per heavy atom. The molecule has 6 heteroatoms. The molecule has 3 nitrogen and oxygen atoms in total. The molecule has 0 aliphatic rings. The Labute approximate surface area is 123 Å². The molecule has 0 aliphatic heterocycles. The molecule has 1 heterocycles. The van der Waals surface area contributed by atoms with Gasteiger partial charge < -0.3 is 4.74 Å². The number of rotatable bonds is 4. The van der Waals surface area contributed by atoms with Crippen LogP contribution in [0.5, 0.6) is 5.88 Å². The van der Waals surface area contributed by atoms with Gasteiger partial charge in [-0.15, -0.1) is 0 Å². The number of ether oxygens (including phenoxy) is 1. The Morgan fingerprint density at radius 3 is 2.95 bits per heavy atom. The third-order valence-electron chi connectivity index (χ3n) is 2.62. The lowest BCUT2D eigenvalue weighted by atomic mass is 10.1. The molecule has 0 aliphatic carbocycles. The van der Waals surface area contributed by atoms with Gasteiger partial charge >= 0.3 is 0 Å². The van der Waals surface area contributed by atoms with Crippen LogP contribution in [0.15, 0.2) is 30.6 Å². The second-order valence-electron chi connectivity index (χ2n) is 3.87. The smallest absolute Gasteiger partial charge is 0.216 e.